The molecule has 0 aliphatic heterocycles. The van der Waals surface area contributed by atoms with Crippen LogP contribution in [0.2, 0.25) is 0 Å². The van der Waals surface area contributed by atoms with Gasteiger partial charge in [-0.2, -0.15) is 0 Å². The minimum absolute atomic E-state index is 0.360. The standard InChI is InChI=1S/C16H36N2/c1-7-11-17-15(16(4,5)6)10-14-18(12-8-2)13-9-3/h15,17H,7-14H2,1-6H3. The van der Waals surface area contributed by atoms with Crippen LogP contribution in [0.25, 0.3) is 0 Å². The zero-order valence-corrected chi connectivity index (χ0v) is 13.7. The van der Waals surface area contributed by atoms with E-state index in [9.17, 15) is 0 Å². The molecule has 0 saturated carbocycles. The average Bonchev–Trinajstić information content (AvgIpc) is 2.27. The molecule has 1 unspecified atom stereocenters. The summed E-state index contributed by atoms with van der Waals surface area (Å²) in [6, 6.07) is 0.633. The molecule has 110 valence electrons. The fourth-order valence-electron chi connectivity index (χ4n) is 2.44. The third-order valence-corrected chi connectivity index (χ3v) is 3.50. The summed E-state index contributed by atoms with van der Waals surface area (Å²) in [6.45, 7) is 18.7. The summed E-state index contributed by atoms with van der Waals surface area (Å²) in [4.78, 5) is 2.62. The minimum Gasteiger partial charge on any atom is -0.313 e. The van der Waals surface area contributed by atoms with Crippen LogP contribution in [0.5, 0.6) is 0 Å². The van der Waals surface area contributed by atoms with Gasteiger partial charge in [-0.05, 0) is 57.3 Å². The summed E-state index contributed by atoms with van der Waals surface area (Å²) >= 11 is 0. The van der Waals surface area contributed by atoms with Crippen LogP contribution in [0, 0.1) is 5.41 Å². The molecular weight excluding hydrogens is 220 g/mol. The molecule has 0 aromatic rings. The van der Waals surface area contributed by atoms with E-state index in [2.05, 4.69) is 51.8 Å². The molecule has 0 saturated heterocycles. The molecule has 0 rings (SSSR count). The summed E-state index contributed by atoms with van der Waals surface area (Å²) in [5.41, 5.74) is 0.360. The fraction of sp³-hybridized carbons (Fsp3) is 1.00. The van der Waals surface area contributed by atoms with Crippen LogP contribution in [0.1, 0.15) is 67.2 Å². The van der Waals surface area contributed by atoms with E-state index in [4.69, 9.17) is 0 Å². The van der Waals surface area contributed by atoms with Gasteiger partial charge >= 0.3 is 0 Å². The molecule has 0 aromatic carbocycles. The predicted octanol–water partition coefficient (Wildman–Crippen LogP) is 3.91. The molecule has 0 heterocycles. The van der Waals surface area contributed by atoms with Gasteiger partial charge in [0.2, 0.25) is 0 Å². The van der Waals surface area contributed by atoms with Crippen molar-refractivity contribution in [2.45, 2.75) is 73.3 Å². The molecule has 1 N–H and O–H groups in total. The Kier molecular flexibility index (Phi) is 9.76. The van der Waals surface area contributed by atoms with Crippen molar-refractivity contribution in [1.29, 1.82) is 0 Å². The van der Waals surface area contributed by atoms with Crippen molar-refractivity contribution < 1.29 is 0 Å². The van der Waals surface area contributed by atoms with Gasteiger partial charge in [-0.15, -0.1) is 0 Å². The second kappa shape index (κ2) is 9.80. The van der Waals surface area contributed by atoms with Crippen LogP contribution < -0.4 is 5.32 Å². The van der Waals surface area contributed by atoms with Crippen LogP contribution in [0.3, 0.4) is 0 Å². The zero-order valence-electron chi connectivity index (χ0n) is 13.7. The van der Waals surface area contributed by atoms with Gasteiger partial charge in [0.15, 0.2) is 0 Å². The smallest absolute Gasteiger partial charge is 0.0128 e. The Bertz CT molecular complexity index is 178. The lowest BCUT2D eigenvalue weighted by Gasteiger charge is -2.33. The monoisotopic (exact) mass is 256 g/mol. The quantitative estimate of drug-likeness (QED) is 0.637. The first-order chi connectivity index (χ1) is 8.45. The lowest BCUT2D eigenvalue weighted by atomic mass is 9.84. The number of hydrogen-bond donors (Lipinski definition) is 1. The van der Waals surface area contributed by atoms with Gasteiger partial charge in [0.25, 0.3) is 0 Å². The maximum atomic E-state index is 3.72. The molecule has 0 fully saturated rings. The molecule has 2 nitrogen and oxygen atoms in total. The van der Waals surface area contributed by atoms with E-state index in [0.717, 1.165) is 6.54 Å². The predicted molar refractivity (Wildman–Crippen MR) is 83.2 cm³/mol. The molecule has 0 aromatic heterocycles. The highest BCUT2D eigenvalue weighted by atomic mass is 15.1. The van der Waals surface area contributed by atoms with Crippen LogP contribution in [-0.4, -0.2) is 37.1 Å². The lowest BCUT2D eigenvalue weighted by molar-refractivity contribution is 0.204. The van der Waals surface area contributed by atoms with Crippen molar-refractivity contribution in [3.05, 3.63) is 0 Å². The van der Waals surface area contributed by atoms with Gasteiger partial charge in [0, 0.05) is 6.04 Å². The van der Waals surface area contributed by atoms with E-state index >= 15 is 0 Å². The average molecular weight is 256 g/mol. The highest BCUT2D eigenvalue weighted by molar-refractivity contribution is 4.81. The molecular formula is C16H36N2. The second-order valence-corrected chi connectivity index (χ2v) is 6.50. The Labute approximate surface area is 116 Å². The Morgan fingerprint density at radius 1 is 0.889 bits per heavy atom. The van der Waals surface area contributed by atoms with Gasteiger partial charge in [-0.3, -0.25) is 0 Å². The van der Waals surface area contributed by atoms with E-state index in [1.54, 1.807) is 0 Å². The van der Waals surface area contributed by atoms with E-state index in [0.29, 0.717) is 11.5 Å². The van der Waals surface area contributed by atoms with Gasteiger partial charge in [-0.25, -0.2) is 0 Å². The molecule has 0 bridgehead atoms. The van der Waals surface area contributed by atoms with E-state index in [-0.39, 0.29) is 0 Å². The van der Waals surface area contributed by atoms with Gasteiger partial charge < -0.3 is 10.2 Å². The van der Waals surface area contributed by atoms with Crippen molar-refractivity contribution in [1.82, 2.24) is 10.2 Å². The van der Waals surface area contributed by atoms with Crippen LogP contribution in [0.4, 0.5) is 0 Å². The highest BCUT2D eigenvalue weighted by Crippen LogP contribution is 2.22. The summed E-state index contributed by atoms with van der Waals surface area (Å²) in [6.07, 6.45) is 5.02. The van der Waals surface area contributed by atoms with Crippen molar-refractivity contribution in [3.63, 3.8) is 0 Å². The third-order valence-electron chi connectivity index (χ3n) is 3.50. The summed E-state index contributed by atoms with van der Waals surface area (Å²) in [7, 11) is 0. The normalized spacial score (nSPS) is 14.2. The fourth-order valence-corrected chi connectivity index (χ4v) is 2.44. The van der Waals surface area contributed by atoms with Crippen molar-refractivity contribution in [2.75, 3.05) is 26.2 Å². The van der Waals surface area contributed by atoms with E-state index in [1.807, 2.05) is 0 Å². The maximum absolute atomic E-state index is 3.72. The van der Waals surface area contributed by atoms with E-state index < -0.39 is 0 Å². The minimum atomic E-state index is 0.360. The summed E-state index contributed by atoms with van der Waals surface area (Å²) < 4.78 is 0. The number of rotatable bonds is 10. The molecule has 0 aliphatic rings. The van der Waals surface area contributed by atoms with Crippen LogP contribution in [-0.2, 0) is 0 Å². The van der Waals surface area contributed by atoms with E-state index in [1.165, 1.54) is 45.3 Å². The first kappa shape index (κ1) is 17.9. The molecule has 0 spiro atoms. The second-order valence-electron chi connectivity index (χ2n) is 6.50. The summed E-state index contributed by atoms with van der Waals surface area (Å²) in [5.74, 6) is 0. The first-order valence-corrected chi connectivity index (χ1v) is 7.91. The van der Waals surface area contributed by atoms with Crippen molar-refractivity contribution >= 4 is 0 Å². The van der Waals surface area contributed by atoms with Gasteiger partial charge in [0.1, 0.15) is 0 Å². The topological polar surface area (TPSA) is 15.3 Å². The molecule has 2 heteroatoms. The number of nitrogens with one attached hydrogen (secondary N) is 1. The van der Waals surface area contributed by atoms with Crippen molar-refractivity contribution in [3.8, 4) is 0 Å². The molecule has 0 radical (unpaired) electrons. The number of nitrogens with zero attached hydrogens (tertiary/aromatic N) is 1. The lowest BCUT2D eigenvalue weighted by Crippen LogP contribution is -2.43. The molecule has 18 heavy (non-hydrogen) atoms. The van der Waals surface area contributed by atoms with Gasteiger partial charge in [-0.1, -0.05) is 41.5 Å². The Morgan fingerprint density at radius 3 is 1.83 bits per heavy atom. The number of hydrogen-bond acceptors (Lipinski definition) is 2. The molecule has 1 atom stereocenters. The Balaban J connectivity index is 4.21. The molecule has 0 aliphatic carbocycles. The summed E-state index contributed by atoms with van der Waals surface area (Å²) in [5, 5.41) is 3.72. The largest absolute Gasteiger partial charge is 0.313 e. The Morgan fingerprint density at radius 2 is 1.44 bits per heavy atom. The SMILES string of the molecule is CCCNC(CCN(CCC)CCC)C(C)(C)C. The Hall–Kier alpha value is -0.0800. The maximum Gasteiger partial charge on any atom is 0.0128 e. The van der Waals surface area contributed by atoms with Gasteiger partial charge in [0.05, 0.1) is 0 Å². The van der Waals surface area contributed by atoms with Crippen LogP contribution in [0.15, 0.2) is 0 Å². The highest BCUT2D eigenvalue weighted by Gasteiger charge is 2.23. The third kappa shape index (κ3) is 8.10. The van der Waals surface area contributed by atoms with Crippen molar-refractivity contribution in [2.24, 2.45) is 5.41 Å². The molecule has 0 amide bonds. The van der Waals surface area contributed by atoms with Crippen LogP contribution >= 0.6 is 0 Å². The first-order valence-electron chi connectivity index (χ1n) is 7.91. The zero-order chi connectivity index (χ0) is 14.0.